The van der Waals surface area contributed by atoms with Crippen LogP contribution in [0.25, 0.3) is 0 Å². The van der Waals surface area contributed by atoms with Crippen molar-refractivity contribution in [1.82, 2.24) is 20.3 Å². The number of rotatable bonds is 8. The number of carbonyl (C=O) groups is 1. The van der Waals surface area contributed by atoms with E-state index in [0.29, 0.717) is 29.6 Å². The third-order valence-corrected chi connectivity index (χ3v) is 4.94. The first kappa shape index (κ1) is 21.9. The Kier molecular flexibility index (Phi) is 6.84. The van der Waals surface area contributed by atoms with Gasteiger partial charge in [0, 0.05) is 30.5 Å². The quantitative estimate of drug-likeness (QED) is 0.361. The molecule has 0 saturated heterocycles. The maximum absolute atomic E-state index is 13.3. The largest absolute Gasteiger partial charge is 0.363 e. The van der Waals surface area contributed by atoms with Crippen molar-refractivity contribution < 1.29 is 9.18 Å². The van der Waals surface area contributed by atoms with Crippen molar-refractivity contribution >= 4 is 23.4 Å². The van der Waals surface area contributed by atoms with Crippen LogP contribution in [0.5, 0.6) is 0 Å². The third-order valence-electron chi connectivity index (χ3n) is 4.94. The highest BCUT2D eigenvalue weighted by Gasteiger charge is 2.13. The Labute approximate surface area is 191 Å². The first-order chi connectivity index (χ1) is 16.1. The van der Waals surface area contributed by atoms with Crippen molar-refractivity contribution in [1.29, 1.82) is 0 Å². The number of hydrogen-bond acceptors (Lipinski definition) is 6. The lowest BCUT2D eigenvalue weighted by molar-refractivity contribution is 0.0951. The van der Waals surface area contributed by atoms with Gasteiger partial charge in [-0.1, -0.05) is 42.5 Å². The molecule has 2 heterocycles. The van der Waals surface area contributed by atoms with Crippen molar-refractivity contribution in [3.63, 3.8) is 0 Å². The molecule has 0 aliphatic rings. The molecule has 0 radical (unpaired) electrons. The van der Waals surface area contributed by atoms with Gasteiger partial charge >= 0.3 is 0 Å². The maximum atomic E-state index is 13.3. The molecule has 33 heavy (non-hydrogen) atoms. The molecule has 0 unspecified atom stereocenters. The minimum absolute atomic E-state index is 0.162. The Hall–Kier alpha value is -4.33. The fraction of sp³-hybridized carbons (Fsp3) is 0.120. The van der Waals surface area contributed by atoms with Gasteiger partial charge in [0.2, 0.25) is 0 Å². The summed E-state index contributed by atoms with van der Waals surface area (Å²) in [6.07, 6.45) is 4.70. The number of halogens is 1. The fourth-order valence-electron chi connectivity index (χ4n) is 3.23. The lowest BCUT2D eigenvalue weighted by Crippen LogP contribution is -2.23. The number of aromatic nitrogens is 3. The Bertz CT molecular complexity index is 1200. The summed E-state index contributed by atoms with van der Waals surface area (Å²) < 4.78 is 13.3. The molecular formula is C25H23FN6O. The van der Waals surface area contributed by atoms with E-state index < -0.39 is 0 Å². The minimum atomic E-state index is -0.295. The maximum Gasteiger partial charge on any atom is 0.251 e. The SMILES string of the molecule is C[C@H](Nc1cc(C(=O)NCc2ccccc2)cc(Nc2cnccn2)n1)c1ccc(F)cc1. The normalized spacial score (nSPS) is 11.5. The standard InChI is InChI=1S/C25H23FN6O/c1-17(19-7-9-21(26)10-8-19)30-22-13-20(25(33)29-15-18-5-3-2-4-6-18)14-23(31-22)32-24-16-27-11-12-28-24/h2-14,16-17H,15H2,1H3,(H,29,33)(H2,28,30,31,32)/t17-/m0/s1. The van der Waals surface area contributed by atoms with Crippen LogP contribution >= 0.6 is 0 Å². The average molecular weight is 442 g/mol. The van der Waals surface area contributed by atoms with E-state index in [9.17, 15) is 9.18 Å². The second-order valence-corrected chi connectivity index (χ2v) is 7.43. The number of nitrogens with one attached hydrogen (secondary N) is 3. The summed E-state index contributed by atoms with van der Waals surface area (Å²) in [4.78, 5) is 25.7. The van der Waals surface area contributed by atoms with Gasteiger partial charge in [0.1, 0.15) is 23.3 Å². The van der Waals surface area contributed by atoms with E-state index in [1.54, 1.807) is 42.9 Å². The summed E-state index contributed by atoms with van der Waals surface area (Å²) in [5.41, 5.74) is 2.32. The zero-order chi connectivity index (χ0) is 23.0. The molecule has 0 fully saturated rings. The van der Waals surface area contributed by atoms with Gasteiger partial charge < -0.3 is 16.0 Å². The van der Waals surface area contributed by atoms with Crippen LogP contribution in [0.2, 0.25) is 0 Å². The van der Waals surface area contributed by atoms with Crippen LogP contribution in [0, 0.1) is 5.82 Å². The highest BCUT2D eigenvalue weighted by molar-refractivity contribution is 5.95. The molecule has 7 nitrogen and oxygen atoms in total. The molecule has 1 amide bonds. The Morgan fingerprint density at radius 2 is 1.73 bits per heavy atom. The van der Waals surface area contributed by atoms with E-state index in [1.165, 1.54) is 12.1 Å². The van der Waals surface area contributed by atoms with Crippen LogP contribution in [-0.2, 0) is 6.54 Å². The zero-order valence-corrected chi connectivity index (χ0v) is 18.0. The van der Waals surface area contributed by atoms with Gasteiger partial charge in [-0.3, -0.25) is 9.78 Å². The molecule has 4 rings (SSSR count). The third kappa shape index (κ3) is 6.10. The van der Waals surface area contributed by atoms with E-state index in [2.05, 4.69) is 30.9 Å². The van der Waals surface area contributed by atoms with Crippen molar-refractivity contribution in [3.05, 3.63) is 108 Å². The smallest absolute Gasteiger partial charge is 0.251 e. The molecule has 0 aliphatic heterocycles. The highest BCUT2D eigenvalue weighted by atomic mass is 19.1. The Balaban J connectivity index is 1.57. The van der Waals surface area contributed by atoms with Crippen molar-refractivity contribution in [2.75, 3.05) is 10.6 Å². The second kappa shape index (κ2) is 10.3. The number of hydrogen-bond donors (Lipinski definition) is 3. The molecule has 3 N–H and O–H groups in total. The molecule has 166 valence electrons. The monoisotopic (exact) mass is 442 g/mol. The summed E-state index contributed by atoms with van der Waals surface area (Å²) >= 11 is 0. The molecule has 1 atom stereocenters. The molecule has 4 aromatic rings. The van der Waals surface area contributed by atoms with Crippen molar-refractivity contribution in [3.8, 4) is 0 Å². The summed E-state index contributed by atoms with van der Waals surface area (Å²) in [5, 5.41) is 9.30. The predicted molar refractivity (Wildman–Crippen MR) is 126 cm³/mol. The lowest BCUT2D eigenvalue weighted by atomic mass is 10.1. The second-order valence-electron chi connectivity index (χ2n) is 7.43. The Morgan fingerprint density at radius 3 is 2.45 bits per heavy atom. The fourth-order valence-corrected chi connectivity index (χ4v) is 3.23. The van der Waals surface area contributed by atoms with Crippen LogP contribution in [0.15, 0.2) is 85.3 Å². The molecule has 2 aromatic heterocycles. The minimum Gasteiger partial charge on any atom is -0.363 e. The topological polar surface area (TPSA) is 91.8 Å². The van der Waals surface area contributed by atoms with Crippen molar-refractivity contribution in [2.24, 2.45) is 0 Å². The van der Waals surface area contributed by atoms with E-state index in [4.69, 9.17) is 0 Å². The summed E-state index contributed by atoms with van der Waals surface area (Å²) in [6, 6.07) is 19.1. The molecular weight excluding hydrogens is 419 g/mol. The van der Waals surface area contributed by atoms with Crippen LogP contribution < -0.4 is 16.0 Å². The summed E-state index contributed by atoms with van der Waals surface area (Å²) in [7, 11) is 0. The van der Waals surface area contributed by atoms with E-state index in [-0.39, 0.29) is 17.8 Å². The molecule has 2 aromatic carbocycles. The number of nitrogens with zero attached hydrogens (tertiary/aromatic N) is 3. The number of anilines is 3. The van der Waals surface area contributed by atoms with Gasteiger partial charge in [-0.2, -0.15) is 0 Å². The predicted octanol–water partition coefficient (Wildman–Crippen LogP) is 4.86. The van der Waals surface area contributed by atoms with E-state index in [0.717, 1.165) is 11.1 Å². The molecule has 0 spiro atoms. The lowest BCUT2D eigenvalue weighted by Gasteiger charge is -2.17. The van der Waals surface area contributed by atoms with E-state index >= 15 is 0 Å². The van der Waals surface area contributed by atoms with Gasteiger partial charge in [0.25, 0.3) is 5.91 Å². The van der Waals surface area contributed by atoms with Crippen LogP contribution in [0.3, 0.4) is 0 Å². The highest BCUT2D eigenvalue weighted by Crippen LogP contribution is 2.22. The van der Waals surface area contributed by atoms with Gasteiger partial charge in [0.15, 0.2) is 0 Å². The van der Waals surface area contributed by atoms with Gasteiger partial charge in [-0.05, 0) is 42.3 Å². The number of carbonyl (C=O) groups excluding carboxylic acids is 1. The Morgan fingerprint density at radius 1 is 0.970 bits per heavy atom. The first-order valence-electron chi connectivity index (χ1n) is 10.5. The first-order valence-corrected chi connectivity index (χ1v) is 10.5. The molecule has 0 aliphatic carbocycles. The van der Waals surface area contributed by atoms with Crippen LogP contribution in [0.1, 0.15) is 34.5 Å². The van der Waals surface area contributed by atoms with Crippen molar-refractivity contribution in [2.45, 2.75) is 19.5 Å². The van der Waals surface area contributed by atoms with E-state index in [1.807, 2.05) is 37.3 Å². The van der Waals surface area contributed by atoms with Crippen LogP contribution in [-0.4, -0.2) is 20.9 Å². The van der Waals surface area contributed by atoms with Gasteiger partial charge in [-0.25, -0.2) is 14.4 Å². The number of amides is 1. The number of benzene rings is 2. The molecule has 8 heteroatoms. The molecule has 0 saturated carbocycles. The number of pyridine rings is 1. The van der Waals surface area contributed by atoms with Gasteiger partial charge in [0.05, 0.1) is 6.20 Å². The average Bonchev–Trinajstić information content (AvgIpc) is 2.84. The zero-order valence-electron chi connectivity index (χ0n) is 18.0. The summed E-state index contributed by atoms with van der Waals surface area (Å²) in [6.45, 7) is 2.34. The molecule has 0 bridgehead atoms. The van der Waals surface area contributed by atoms with Gasteiger partial charge in [-0.15, -0.1) is 0 Å². The van der Waals surface area contributed by atoms with Crippen LogP contribution in [0.4, 0.5) is 21.8 Å². The summed E-state index contributed by atoms with van der Waals surface area (Å²) in [5.74, 6) is 0.907.